The van der Waals surface area contributed by atoms with Crippen LogP contribution in [0.5, 0.6) is 0 Å². The molecule has 0 fully saturated rings. The second-order valence-electron chi connectivity index (χ2n) is 7.11. The van der Waals surface area contributed by atoms with Gasteiger partial charge in [-0.25, -0.2) is 9.67 Å². The summed E-state index contributed by atoms with van der Waals surface area (Å²) < 4.78 is 1.72. The predicted octanol–water partition coefficient (Wildman–Crippen LogP) is 4.38. The van der Waals surface area contributed by atoms with Crippen LogP contribution in [0, 0.1) is 18.3 Å². The number of benzene rings is 1. The Morgan fingerprint density at radius 2 is 2.15 bits per heavy atom. The number of anilines is 1. The Hall–Kier alpha value is -2.71. The Balaban J connectivity index is 2.03. The smallest absolute Gasteiger partial charge is 0.274 e. The first kappa shape index (κ1) is 24.9. The van der Waals surface area contributed by atoms with E-state index in [1.54, 1.807) is 36.9 Å². The molecule has 11 heteroatoms. The highest BCUT2D eigenvalue weighted by Gasteiger charge is 2.24. The fourth-order valence-electron chi connectivity index (χ4n) is 3.17. The van der Waals surface area contributed by atoms with Gasteiger partial charge in [-0.15, -0.1) is 0 Å². The summed E-state index contributed by atoms with van der Waals surface area (Å²) in [4.78, 5) is 30.6. The van der Waals surface area contributed by atoms with Gasteiger partial charge in [-0.3, -0.25) is 9.59 Å². The minimum Gasteiger partial charge on any atom is -0.321 e. The average molecular weight is 548 g/mol. The lowest BCUT2D eigenvalue weighted by atomic mass is 9.96. The highest BCUT2D eigenvalue weighted by atomic mass is 79.9. The molecule has 0 bridgehead atoms. The van der Waals surface area contributed by atoms with E-state index in [-0.39, 0.29) is 22.9 Å². The number of carbonyl (C=O) groups is 2. The number of hydrogen-bond acceptors (Lipinski definition) is 7. The van der Waals surface area contributed by atoms with Crippen molar-refractivity contribution in [3.8, 4) is 11.9 Å². The maximum absolute atomic E-state index is 13.3. The molecular weight excluding hydrogens is 528 g/mol. The number of ketones is 1. The van der Waals surface area contributed by atoms with Crippen molar-refractivity contribution < 1.29 is 9.59 Å². The van der Waals surface area contributed by atoms with Crippen LogP contribution in [0.1, 0.15) is 38.4 Å². The lowest BCUT2D eigenvalue weighted by Gasteiger charge is -2.17. The van der Waals surface area contributed by atoms with Crippen molar-refractivity contribution in [1.82, 2.24) is 14.8 Å². The van der Waals surface area contributed by atoms with Crippen LogP contribution in [-0.2, 0) is 0 Å². The van der Waals surface area contributed by atoms with Crippen molar-refractivity contribution >= 4 is 56.7 Å². The van der Waals surface area contributed by atoms with Crippen molar-refractivity contribution in [3.63, 3.8) is 0 Å². The molecule has 0 aliphatic heterocycles. The number of nitrogens with one attached hydrogen (secondary N) is 1. The monoisotopic (exact) mass is 546 g/mol. The molecule has 170 valence electrons. The van der Waals surface area contributed by atoms with Crippen LogP contribution in [0.4, 0.5) is 5.69 Å². The number of aromatic nitrogens is 3. The summed E-state index contributed by atoms with van der Waals surface area (Å²) >= 11 is 11.1. The van der Waals surface area contributed by atoms with E-state index in [0.29, 0.717) is 38.6 Å². The fourth-order valence-corrected chi connectivity index (χ4v) is 4.24. The standard InChI is InChI=1S/C22H20BrClN6O2S/c1-12-8-13(11-25)9-14(20(31)16(26)5-7-33-2)19(12)28-22(32)17-10-18(23)29-30(17)21-15(24)4-3-6-27-21/h3-4,6,8-10,16H,5,7,26H2,1-2H3,(H,28,32)/t16-/m0/s1. The number of pyridine rings is 1. The van der Waals surface area contributed by atoms with E-state index in [9.17, 15) is 14.9 Å². The molecule has 0 aliphatic carbocycles. The lowest BCUT2D eigenvalue weighted by Crippen LogP contribution is -2.32. The molecule has 0 spiro atoms. The van der Waals surface area contributed by atoms with Gasteiger partial charge in [0, 0.05) is 17.8 Å². The highest BCUT2D eigenvalue weighted by Crippen LogP contribution is 2.27. The third-order valence-corrected chi connectivity index (χ3v) is 6.12. The van der Waals surface area contributed by atoms with Gasteiger partial charge in [0.1, 0.15) is 10.3 Å². The molecular formula is C22H20BrClN6O2S. The number of nitrogens with two attached hydrogens (primary N) is 1. The van der Waals surface area contributed by atoms with Crippen LogP contribution in [-0.4, -0.2) is 44.5 Å². The molecule has 3 aromatic rings. The summed E-state index contributed by atoms with van der Waals surface area (Å²) in [6.45, 7) is 1.71. The Bertz CT molecular complexity index is 1260. The molecule has 1 amide bonds. The van der Waals surface area contributed by atoms with E-state index in [4.69, 9.17) is 17.3 Å². The molecule has 3 rings (SSSR count). The van der Waals surface area contributed by atoms with Gasteiger partial charge in [0.05, 0.1) is 28.4 Å². The van der Waals surface area contributed by atoms with Crippen molar-refractivity contribution in [2.24, 2.45) is 5.73 Å². The van der Waals surface area contributed by atoms with Crippen LogP contribution >= 0.6 is 39.3 Å². The fraction of sp³-hybridized carbons (Fsp3) is 0.227. The van der Waals surface area contributed by atoms with Crippen LogP contribution in [0.3, 0.4) is 0 Å². The van der Waals surface area contributed by atoms with Gasteiger partial charge >= 0.3 is 0 Å². The quantitative estimate of drug-likeness (QED) is 0.401. The Morgan fingerprint density at radius 3 is 2.82 bits per heavy atom. The maximum Gasteiger partial charge on any atom is 0.274 e. The van der Waals surface area contributed by atoms with Crippen LogP contribution in [0.25, 0.3) is 5.82 Å². The summed E-state index contributed by atoms with van der Waals surface area (Å²) in [6.07, 6.45) is 3.94. The van der Waals surface area contributed by atoms with Gasteiger partial charge in [-0.1, -0.05) is 11.6 Å². The minimum absolute atomic E-state index is 0.149. The number of carbonyl (C=O) groups excluding carboxylic acids is 2. The molecule has 0 radical (unpaired) electrons. The second kappa shape index (κ2) is 10.9. The van der Waals surface area contributed by atoms with Crippen molar-refractivity contribution in [2.75, 3.05) is 17.3 Å². The molecule has 2 heterocycles. The lowest BCUT2D eigenvalue weighted by molar-refractivity contribution is 0.0960. The van der Waals surface area contributed by atoms with Gasteiger partial charge in [0.2, 0.25) is 0 Å². The van der Waals surface area contributed by atoms with Gasteiger partial charge in [-0.2, -0.15) is 22.1 Å². The molecule has 8 nitrogen and oxygen atoms in total. The summed E-state index contributed by atoms with van der Waals surface area (Å²) in [5, 5.41) is 16.7. The SMILES string of the molecule is CSCC[C@H](N)C(=O)c1cc(C#N)cc(C)c1NC(=O)c1cc(Br)nn1-c1ncccc1Cl. The van der Waals surface area contributed by atoms with E-state index in [2.05, 4.69) is 31.3 Å². The maximum atomic E-state index is 13.3. The summed E-state index contributed by atoms with van der Waals surface area (Å²) in [5.74, 6) is 0.113. The van der Waals surface area contributed by atoms with E-state index in [1.165, 1.54) is 23.0 Å². The second-order valence-corrected chi connectivity index (χ2v) is 9.31. The molecule has 0 saturated carbocycles. The van der Waals surface area contributed by atoms with Crippen LogP contribution in [0.15, 0.2) is 41.1 Å². The zero-order valence-corrected chi connectivity index (χ0v) is 21.0. The van der Waals surface area contributed by atoms with E-state index >= 15 is 0 Å². The normalized spacial score (nSPS) is 11.6. The van der Waals surface area contributed by atoms with Crippen molar-refractivity contribution in [2.45, 2.75) is 19.4 Å². The zero-order chi connectivity index (χ0) is 24.1. The first-order valence-electron chi connectivity index (χ1n) is 9.78. The summed E-state index contributed by atoms with van der Waals surface area (Å²) in [5.41, 5.74) is 7.60. The molecule has 1 atom stereocenters. The number of rotatable bonds is 8. The minimum atomic E-state index is -0.756. The topological polar surface area (TPSA) is 127 Å². The molecule has 0 unspecified atom stereocenters. The predicted molar refractivity (Wildman–Crippen MR) is 133 cm³/mol. The summed E-state index contributed by atoms with van der Waals surface area (Å²) in [6, 6.07) is 9.16. The molecule has 1 aromatic carbocycles. The third kappa shape index (κ3) is 5.62. The number of halogens is 2. The number of thioether (sulfide) groups is 1. The number of nitrogens with zero attached hydrogens (tertiary/aromatic N) is 4. The summed E-state index contributed by atoms with van der Waals surface area (Å²) in [7, 11) is 0. The van der Waals surface area contributed by atoms with E-state index < -0.39 is 11.9 Å². The Morgan fingerprint density at radius 1 is 1.39 bits per heavy atom. The van der Waals surface area contributed by atoms with E-state index in [0.717, 1.165) is 0 Å². The van der Waals surface area contributed by atoms with Gasteiger partial charge < -0.3 is 11.1 Å². The first-order chi connectivity index (χ1) is 15.8. The van der Waals surface area contributed by atoms with Crippen LogP contribution in [0.2, 0.25) is 5.02 Å². The zero-order valence-electron chi connectivity index (χ0n) is 17.8. The van der Waals surface area contributed by atoms with Crippen molar-refractivity contribution in [1.29, 1.82) is 5.26 Å². The van der Waals surface area contributed by atoms with Gasteiger partial charge in [0.25, 0.3) is 5.91 Å². The van der Waals surface area contributed by atoms with Crippen LogP contribution < -0.4 is 11.1 Å². The number of aryl methyl sites for hydroxylation is 1. The molecule has 0 saturated heterocycles. The number of Topliss-reactive ketones (excluding diaryl/α,β-unsaturated/α-hetero) is 1. The largest absolute Gasteiger partial charge is 0.321 e. The van der Waals surface area contributed by atoms with Gasteiger partial charge in [0.15, 0.2) is 11.6 Å². The van der Waals surface area contributed by atoms with Gasteiger partial charge in [-0.05, 0) is 71.1 Å². The van der Waals surface area contributed by atoms with E-state index in [1.807, 2.05) is 12.3 Å². The molecule has 3 N–H and O–H groups in total. The highest BCUT2D eigenvalue weighted by molar-refractivity contribution is 9.10. The Kier molecular flexibility index (Phi) is 8.26. The molecule has 0 aliphatic rings. The Labute approximate surface area is 208 Å². The average Bonchev–Trinajstić information content (AvgIpc) is 3.19. The molecule has 2 aromatic heterocycles. The number of nitriles is 1. The number of hydrogen-bond donors (Lipinski definition) is 2. The number of amides is 1. The third-order valence-electron chi connectivity index (χ3n) is 4.79. The van der Waals surface area contributed by atoms with Crippen molar-refractivity contribution in [3.05, 3.63) is 68.5 Å². The molecule has 33 heavy (non-hydrogen) atoms. The first-order valence-corrected chi connectivity index (χ1v) is 12.3.